The van der Waals surface area contributed by atoms with Crippen LogP contribution in [0.1, 0.15) is 0 Å². The van der Waals surface area contributed by atoms with Crippen LogP contribution < -0.4 is 11.1 Å². The summed E-state index contributed by atoms with van der Waals surface area (Å²) in [7, 11) is 2.05. The molecule has 0 saturated carbocycles. The van der Waals surface area contributed by atoms with E-state index in [0.717, 1.165) is 19.6 Å². The highest BCUT2D eigenvalue weighted by molar-refractivity contribution is 4.70. The fraction of sp³-hybridized carbons (Fsp3) is 1.00. The Morgan fingerprint density at radius 1 is 1.75 bits per heavy atom. The number of hydrogen-bond donors (Lipinski definition) is 2. The van der Waals surface area contributed by atoms with Gasteiger partial charge in [0.25, 0.3) is 0 Å². The van der Waals surface area contributed by atoms with Crippen LogP contribution in [0, 0.1) is 0 Å². The normalized spacial score (nSPS) is 33.0. The molecule has 0 bridgehead atoms. The monoisotopic (exact) mass is 115 g/mol. The van der Waals surface area contributed by atoms with E-state index < -0.39 is 0 Å². The first kappa shape index (κ1) is 6.01. The summed E-state index contributed by atoms with van der Waals surface area (Å²) in [6, 6.07) is 0. The molecular formula is C5H13N3. The molecule has 0 spiro atoms. The highest BCUT2D eigenvalue weighted by atomic mass is 15.2. The highest BCUT2D eigenvalue weighted by Crippen LogP contribution is 1.90. The summed E-state index contributed by atoms with van der Waals surface area (Å²) in [6.07, 6.45) is 0.226. The van der Waals surface area contributed by atoms with Crippen LogP contribution >= 0.6 is 0 Å². The zero-order valence-corrected chi connectivity index (χ0v) is 5.22. The van der Waals surface area contributed by atoms with Gasteiger partial charge in [-0.15, -0.1) is 0 Å². The summed E-state index contributed by atoms with van der Waals surface area (Å²) in [5.74, 6) is 0. The van der Waals surface area contributed by atoms with Crippen molar-refractivity contribution in [3.05, 3.63) is 0 Å². The van der Waals surface area contributed by atoms with Crippen LogP contribution in [0.4, 0.5) is 0 Å². The molecule has 1 aliphatic heterocycles. The first-order valence-corrected chi connectivity index (χ1v) is 2.97. The molecule has 48 valence electrons. The molecule has 0 aromatic heterocycles. The lowest BCUT2D eigenvalue weighted by molar-refractivity contribution is 0.205. The molecule has 0 aliphatic carbocycles. The maximum Gasteiger partial charge on any atom is 0.0698 e. The molecule has 1 aliphatic rings. The predicted octanol–water partition coefficient (Wildman–Crippen LogP) is -1.19. The van der Waals surface area contributed by atoms with Crippen molar-refractivity contribution in [2.75, 3.05) is 26.7 Å². The maximum absolute atomic E-state index is 5.64. The van der Waals surface area contributed by atoms with E-state index in [2.05, 4.69) is 10.2 Å². The number of piperazine rings is 1. The maximum atomic E-state index is 5.64. The molecule has 8 heavy (non-hydrogen) atoms. The van der Waals surface area contributed by atoms with Crippen molar-refractivity contribution in [2.24, 2.45) is 5.73 Å². The minimum absolute atomic E-state index is 0.226. The third-order valence-corrected chi connectivity index (χ3v) is 1.56. The Kier molecular flexibility index (Phi) is 1.83. The Bertz CT molecular complexity index is 64.1. The summed E-state index contributed by atoms with van der Waals surface area (Å²) in [4.78, 5) is 2.15. The van der Waals surface area contributed by atoms with Gasteiger partial charge < -0.3 is 11.1 Å². The summed E-state index contributed by atoms with van der Waals surface area (Å²) < 4.78 is 0. The van der Waals surface area contributed by atoms with E-state index in [4.69, 9.17) is 5.73 Å². The van der Waals surface area contributed by atoms with Gasteiger partial charge in [-0.05, 0) is 7.05 Å². The van der Waals surface area contributed by atoms with Crippen molar-refractivity contribution >= 4 is 0 Å². The van der Waals surface area contributed by atoms with Gasteiger partial charge in [-0.3, -0.25) is 4.90 Å². The molecule has 1 fully saturated rings. The molecule has 0 aromatic carbocycles. The summed E-state index contributed by atoms with van der Waals surface area (Å²) >= 11 is 0. The minimum atomic E-state index is 0.226. The molecule has 1 rings (SSSR count). The molecule has 1 saturated heterocycles. The smallest absolute Gasteiger partial charge is 0.0698 e. The zero-order valence-electron chi connectivity index (χ0n) is 5.22. The van der Waals surface area contributed by atoms with Crippen molar-refractivity contribution in [1.82, 2.24) is 10.2 Å². The van der Waals surface area contributed by atoms with Crippen LogP contribution in [0.3, 0.4) is 0 Å². The summed E-state index contributed by atoms with van der Waals surface area (Å²) in [5, 5.41) is 3.20. The molecule has 3 N–H and O–H groups in total. The van der Waals surface area contributed by atoms with Gasteiger partial charge in [-0.25, -0.2) is 0 Å². The second-order valence-electron chi connectivity index (χ2n) is 2.25. The zero-order chi connectivity index (χ0) is 5.98. The average molecular weight is 115 g/mol. The lowest BCUT2D eigenvalue weighted by Crippen LogP contribution is -2.53. The SMILES string of the molecule is CN1CCNC[C@H]1N. The number of likely N-dealkylation sites (N-methyl/N-ethyl adjacent to an activating group) is 1. The second-order valence-corrected chi connectivity index (χ2v) is 2.25. The van der Waals surface area contributed by atoms with Gasteiger partial charge in [0.2, 0.25) is 0 Å². The minimum Gasteiger partial charge on any atom is -0.315 e. The quantitative estimate of drug-likeness (QED) is 0.417. The number of nitrogens with one attached hydrogen (secondary N) is 1. The van der Waals surface area contributed by atoms with Crippen LogP contribution in [0.5, 0.6) is 0 Å². The van der Waals surface area contributed by atoms with E-state index in [1.165, 1.54) is 0 Å². The Morgan fingerprint density at radius 3 is 2.88 bits per heavy atom. The summed E-state index contributed by atoms with van der Waals surface area (Å²) in [5.41, 5.74) is 5.64. The van der Waals surface area contributed by atoms with Crippen LogP contribution in [-0.4, -0.2) is 37.7 Å². The van der Waals surface area contributed by atoms with Crippen LogP contribution in [-0.2, 0) is 0 Å². The van der Waals surface area contributed by atoms with E-state index in [-0.39, 0.29) is 6.17 Å². The molecule has 0 unspecified atom stereocenters. The van der Waals surface area contributed by atoms with E-state index in [9.17, 15) is 0 Å². The Labute approximate surface area is 49.8 Å². The Balaban J connectivity index is 2.28. The topological polar surface area (TPSA) is 41.3 Å². The number of hydrogen-bond acceptors (Lipinski definition) is 3. The van der Waals surface area contributed by atoms with Gasteiger partial charge in [0.05, 0.1) is 6.17 Å². The van der Waals surface area contributed by atoms with Crippen LogP contribution in [0.15, 0.2) is 0 Å². The fourth-order valence-corrected chi connectivity index (χ4v) is 0.827. The predicted molar refractivity (Wildman–Crippen MR) is 33.5 cm³/mol. The molecule has 0 amide bonds. The largest absolute Gasteiger partial charge is 0.315 e. The van der Waals surface area contributed by atoms with E-state index in [0.29, 0.717) is 0 Å². The number of nitrogens with zero attached hydrogens (tertiary/aromatic N) is 1. The standard InChI is InChI=1S/C5H13N3/c1-8-3-2-7-4-5(8)6/h5,7H,2-4,6H2,1H3/t5-/m0/s1. The molecule has 3 nitrogen and oxygen atoms in total. The third kappa shape index (κ3) is 1.18. The van der Waals surface area contributed by atoms with E-state index in [1.807, 2.05) is 7.05 Å². The number of rotatable bonds is 0. The van der Waals surface area contributed by atoms with Gasteiger partial charge >= 0.3 is 0 Å². The molecule has 0 aromatic rings. The van der Waals surface area contributed by atoms with Crippen molar-refractivity contribution in [3.63, 3.8) is 0 Å². The number of nitrogens with two attached hydrogens (primary N) is 1. The van der Waals surface area contributed by atoms with Crippen LogP contribution in [0.25, 0.3) is 0 Å². The Morgan fingerprint density at radius 2 is 2.50 bits per heavy atom. The Hall–Kier alpha value is -0.120. The van der Waals surface area contributed by atoms with Gasteiger partial charge in [0, 0.05) is 19.6 Å². The van der Waals surface area contributed by atoms with E-state index in [1.54, 1.807) is 0 Å². The molecule has 0 radical (unpaired) electrons. The molecule has 1 heterocycles. The van der Waals surface area contributed by atoms with Crippen molar-refractivity contribution in [2.45, 2.75) is 6.17 Å². The first-order chi connectivity index (χ1) is 3.80. The van der Waals surface area contributed by atoms with E-state index >= 15 is 0 Å². The second kappa shape index (κ2) is 2.44. The van der Waals surface area contributed by atoms with Gasteiger partial charge in [-0.2, -0.15) is 0 Å². The van der Waals surface area contributed by atoms with Gasteiger partial charge in [-0.1, -0.05) is 0 Å². The highest BCUT2D eigenvalue weighted by Gasteiger charge is 2.12. The lowest BCUT2D eigenvalue weighted by Gasteiger charge is -2.29. The molecule has 1 atom stereocenters. The van der Waals surface area contributed by atoms with Gasteiger partial charge in [0.1, 0.15) is 0 Å². The van der Waals surface area contributed by atoms with Crippen molar-refractivity contribution < 1.29 is 0 Å². The van der Waals surface area contributed by atoms with Gasteiger partial charge in [0.15, 0.2) is 0 Å². The lowest BCUT2D eigenvalue weighted by atomic mass is 10.3. The first-order valence-electron chi connectivity index (χ1n) is 2.97. The third-order valence-electron chi connectivity index (χ3n) is 1.56. The average Bonchev–Trinajstić information content (AvgIpc) is 1.77. The van der Waals surface area contributed by atoms with Crippen LogP contribution in [0.2, 0.25) is 0 Å². The molecular weight excluding hydrogens is 102 g/mol. The fourth-order valence-electron chi connectivity index (χ4n) is 0.827. The van der Waals surface area contributed by atoms with Crippen molar-refractivity contribution in [1.29, 1.82) is 0 Å². The summed E-state index contributed by atoms with van der Waals surface area (Å²) in [6.45, 7) is 3.07. The van der Waals surface area contributed by atoms with Crippen molar-refractivity contribution in [3.8, 4) is 0 Å². The molecule has 3 heteroatoms.